The summed E-state index contributed by atoms with van der Waals surface area (Å²) in [5.74, 6) is -0.315. The van der Waals surface area contributed by atoms with E-state index in [1.807, 2.05) is 4.57 Å². The van der Waals surface area contributed by atoms with Crippen LogP contribution in [0.2, 0.25) is 5.02 Å². The first-order valence-corrected chi connectivity index (χ1v) is 9.88. The van der Waals surface area contributed by atoms with Gasteiger partial charge in [0.1, 0.15) is 5.75 Å². The van der Waals surface area contributed by atoms with Crippen molar-refractivity contribution < 1.29 is 23.8 Å². The Labute approximate surface area is 176 Å². The first-order chi connectivity index (χ1) is 14.0. The summed E-state index contributed by atoms with van der Waals surface area (Å²) in [6.45, 7) is 0.763. The lowest BCUT2D eigenvalue weighted by Crippen LogP contribution is -2.21. The molecule has 0 fully saturated rings. The monoisotopic (exact) mass is 434 g/mol. The van der Waals surface area contributed by atoms with Crippen molar-refractivity contribution in [3.05, 3.63) is 57.9 Å². The summed E-state index contributed by atoms with van der Waals surface area (Å²) >= 11 is 7.15. The SMILES string of the molecule is COCCn1c(=NC(=O)COc2ccc(Cl)cc2)sc2cc(C(=O)OC)ccc21. The molecule has 2 aromatic carbocycles. The Hall–Kier alpha value is -2.68. The second-order valence-electron chi connectivity index (χ2n) is 5.95. The fourth-order valence-electron chi connectivity index (χ4n) is 2.62. The molecule has 0 aliphatic rings. The summed E-state index contributed by atoms with van der Waals surface area (Å²) in [4.78, 5) is 28.8. The second kappa shape index (κ2) is 9.69. The van der Waals surface area contributed by atoms with Crippen LogP contribution in [0.3, 0.4) is 0 Å². The number of esters is 1. The van der Waals surface area contributed by atoms with Crippen LogP contribution in [0.1, 0.15) is 10.4 Å². The van der Waals surface area contributed by atoms with E-state index in [1.54, 1.807) is 49.6 Å². The molecule has 29 heavy (non-hydrogen) atoms. The van der Waals surface area contributed by atoms with Crippen molar-refractivity contribution in [2.75, 3.05) is 27.4 Å². The molecular weight excluding hydrogens is 416 g/mol. The number of thiazole rings is 1. The zero-order valence-corrected chi connectivity index (χ0v) is 17.5. The van der Waals surface area contributed by atoms with E-state index in [4.69, 9.17) is 25.8 Å². The third-order valence-corrected chi connectivity index (χ3v) is 5.31. The molecular formula is C20H19ClN2O5S. The highest BCUT2D eigenvalue weighted by molar-refractivity contribution is 7.16. The van der Waals surface area contributed by atoms with E-state index in [1.165, 1.54) is 18.4 Å². The molecule has 1 aromatic heterocycles. The molecule has 9 heteroatoms. The number of hydrogen-bond acceptors (Lipinski definition) is 6. The maximum Gasteiger partial charge on any atom is 0.337 e. The van der Waals surface area contributed by atoms with Gasteiger partial charge in [0.05, 0.1) is 29.5 Å². The van der Waals surface area contributed by atoms with Gasteiger partial charge in [0, 0.05) is 18.7 Å². The number of rotatable bonds is 7. The number of aromatic nitrogens is 1. The summed E-state index contributed by atoms with van der Waals surface area (Å²) in [7, 11) is 2.94. The fraction of sp³-hybridized carbons (Fsp3) is 0.250. The minimum absolute atomic E-state index is 0.201. The van der Waals surface area contributed by atoms with E-state index in [2.05, 4.69) is 4.99 Å². The molecule has 0 atom stereocenters. The lowest BCUT2D eigenvalue weighted by Gasteiger charge is -2.05. The number of nitrogens with zero attached hydrogens (tertiary/aromatic N) is 2. The van der Waals surface area contributed by atoms with Crippen LogP contribution in [0.15, 0.2) is 47.5 Å². The predicted octanol–water partition coefficient (Wildman–Crippen LogP) is 3.30. The molecule has 0 aliphatic carbocycles. The zero-order valence-electron chi connectivity index (χ0n) is 15.9. The quantitative estimate of drug-likeness (QED) is 0.533. The lowest BCUT2D eigenvalue weighted by atomic mass is 10.2. The summed E-state index contributed by atoms with van der Waals surface area (Å²) in [5.41, 5.74) is 1.29. The van der Waals surface area contributed by atoms with E-state index < -0.39 is 11.9 Å². The Morgan fingerprint density at radius 1 is 1.14 bits per heavy atom. The smallest absolute Gasteiger partial charge is 0.337 e. The van der Waals surface area contributed by atoms with Gasteiger partial charge in [0.25, 0.3) is 5.91 Å². The van der Waals surface area contributed by atoms with Crippen LogP contribution in [-0.4, -0.2) is 43.9 Å². The van der Waals surface area contributed by atoms with Crippen LogP contribution < -0.4 is 9.54 Å². The van der Waals surface area contributed by atoms with Crippen molar-refractivity contribution in [1.29, 1.82) is 0 Å². The minimum Gasteiger partial charge on any atom is -0.484 e. The Morgan fingerprint density at radius 3 is 2.59 bits per heavy atom. The average Bonchev–Trinajstić information content (AvgIpc) is 3.07. The van der Waals surface area contributed by atoms with E-state index in [9.17, 15) is 9.59 Å². The highest BCUT2D eigenvalue weighted by Gasteiger charge is 2.12. The Balaban J connectivity index is 1.89. The molecule has 0 bridgehead atoms. The highest BCUT2D eigenvalue weighted by Crippen LogP contribution is 2.20. The maximum absolute atomic E-state index is 12.3. The topological polar surface area (TPSA) is 79.1 Å². The molecule has 0 N–H and O–H groups in total. The van der Waals surface area contributed by atoms with Crippen LogP contribution >= 0.6 is 22.9 Å². The van der Waals surface area contributed by atoms with Crippen molar-refractivity contribution in [2.24, 2.45) is 4.99 Å². The average molecular weight is 435 g/mol. The molecule has 3 rings (SSSR count). The number of benzene rings is 2. The molecule has 0 aliphatic heterocycles. The molecule has 0 saturated heterocycles. The molecule has 0 spiro atoms. The van der Waals surface area contributed by atoms with Crippen molar-refractivity contribution in [1.82, 2.24) is 4.57 Å². The number of carbonyl (C=O) groups excluding carboxylic acids is 2. The van der Waals surface area contributed by atoms with Crippen molar-refractivity contribution in [2.45, 2.75) is 6.54 Å². The second-order valence-corrected chi connectivity index (χ2v) is 7.40. The molecule has 0 saturated carbocycles. The van der Waals surface area contributed by atoms with Gasteiger partial charge in [-0.2, -0.15) is 4.99 Å². The molecule has 1 heterocycles. The van der Waals surface area contributed by atoms with E-state index in [0.29, 0.717) is 34.3 Å². The minimum atomic E-state index is -0.425. The molecule has 3 aromatic rings. The summed E-state index contributed by atoms with van der Waals surface area (Å²) in [6.07, 6.45) is 0. The number of hydrogen-bond donors (Lipinski definition) is 0. The molecule has 7 nitrogen and oxygen atoms in total. The lowest BCUT2D eigenvalue weighted by molar-refractivity contribution is -0.120. The molecule has 1 amide bonds. The van der Waals surface area contributed by atoms with Gasteiger partial charge < -0.3 is 18.8 Å². The van der Waals surface area contributed by atoms with Crippen LogP contribution in [0, 0.1) is 0 Å². The Bertz CT molecular complexity index is 1090. The van der Waals surface area contributed by atoms with Gasteiger partial charge in [-0.25, -0.2) is 4.79 Å². The highest BCUT2D eigenvalue weighted by atomic mass is 35.5. The van der Waals surface area contributed by atoms with Crippen molar-refractivity contribution in [3.63, 3.8) is 0 Å². The number of fused-ring (bicyclic) bond motifs is 1. The summed E-state index contributed by atoms with van der Waals surface area (Å²) < 4.78 is 18.1. The van der Waals surface area contributed by atoms with Crippen LogP contribution in [0.5, 0.6) is 5.75 Å². The van der Waals surface area contributed by atoms with E-state index in [0.717, 1.165) is 10.2 Å². The van der Waals surface area contributed by atoms with E-state index >= 15 is 0 Å². The Morgan fingerprint density at radius 2 is 1.90 bits per heavy atom. The zero-order chi connectivity index (χ0) is 20.8. The van der Waals surface area contributed by atoms with Gasteiger partial charge in [-0.3, -0.25) is 4.79 Å². The van der Waals surface area contributed by atoms with Gasteiger partial charge in [-0.15, -0.1) is 0 Å². The number of carbonyl (C=O) groups is 2. The number of halogens is 1. The third-order valence-electron chi connectivity index (χ3n) is 4.02. The Kier molecular flexibility index (Phi) is 7.03. The van der Waals surface area contributed by atoms with Crippen LogP contribution in [0.25, 0.3) is 10.2 Å². The number of methoxy groups -OCH3 is 2. The van der Waals surface area contributed by atoms with Gasteiger partial charge in [-0.1, -0.05) is 22.9 Å². The molecule has 152 valence electrons. The standard InChI is InChI=1S/C20H19ClN2O5S/c1-26-10-9-23-16-8-3-13(19(25)27-2)11-17(16)29-20(23)22-18(24)12-28-15-6-4-14(21)5-7-15/h3-8,11H,9-10,12H2,1-2H3. The number of amides is 1. The normalized spacial score (nSPS) is 11.6. The van der Waals surface area contributed by atoms with Crippen LogP contribution in [0.4, 0.5) is 0 Å². The summed E-state index contributed by atoms with van der Waals surface area (Å²) in [5, 5.41) is 0.587. The maximum atomic E-state index is 12.3. The first-order valence-electron chi connectivity index (χ1n) is 8.68. The van der Waals surface area contributed by atoms with Gasteiger partial charge in [-0.05, 0) is 42.5 Å². The third kappa shape index (κ3) is 5.23. The van der Waals surface area contributed by atoms with Gasteiger partial charge >= 0.3 is 5.97 Å². The fourth-order valence-corrected chi connectivity index (χ4v) is 3.86. The van der Waals surface area contributed by atoms with E-state index in [-0.39, 0.29) is 6.61 Å². The van der Waals surface area contributed by atoms with Crippen molar-refractivity contribution in [3.8, 4) is 5.75 Å². The molecule has 0 radical (unpaired) electrons. The first kappa shape index (κ1) is 21.0. The molecule has 0 unspecified atom stereocenters. The van der Waals surface area contributed by atoms with Crippen molar-refractivity contribution >= 4 is 45.0 Å². The largest absolute Gasteiger partial charge is 0.484 e. The number of ether oxygens (including phenoxy) is 3. The van der Waals surface area contributed by atoms with Crippen LogP contribution in [-0.2, 0) is 20.8 Å². The van der Waals surface area contributed by atoms with Gasteiger partial charge in [0.15, 0.2) is 11.4 Å². The van der Waals surface area contributed by atoms with Gasteiger partial charge in [0.2, 0.25) is 0 Å². The summed E-state index contributed by atoms with van der Waals surface area (Å²) in [6, 6.07) is 11.9. The predicted molar refractivity (Wildman–Crippen MR) is 111 cm³/mol.